The molecule has 2 saturated heterocycles. The van der Waals surface area contributed by atoms with Gasteiger partial charge < -0.3 is 9.64 Å². The third-order valence-electron chi connectivity index (χ3n) is 6.85. The summed E-state index contributed by atoms with van der Waals surface area (Å²) >= 11 is 18.1. The van der Waals surface area contributed by atoms with Crippen molar-refractivity contribution in [3.63, 3.8) is 0 Å². The minimum absolute atomic E-state index is 0.0734. The Hall–Kier alpha value is -1.51. The number of sulfonamides is 1. The lowest BCUT2D eigenvalue weighted by atomic mass is 9.76. The number of amides is 1. The molecule has 35 heavy (non-hydrogen) atoms. The lowest BCUT2D eigenvalue weighted by molar-refractivity contribution is -0.136. The highest BCUT2D eigenvalue weighted by molar-refractivity contribution is 7.89. The molecule has 190 valence electrons. The molecule has 0 atom stereocenters. The fourth-order valence-corrected chi connectivity index (χ4v) is 7.04. The summed E-state index contributed by atoms with van der Waals surface area (Å²) in [5, 5.41) is 1.16. The summed E-state index contributed by atoms with van der Waals surface area (Å²) in [6.45, 7) is 2.45. The molecule has 2 aromatic rings. The van der Waals surface area contributed by atoms with Crippen molar-refractivity contribution >= 4 is 50.7 Å². The molecular weight excluding hydrogens is 531 g/mol. The molecule has 2 aliphatic heterocycles. The first-order chi connectivity index (χ1) is 16.7. The molecule has 0 aliphatic carbocycles. The van der Waals surface area contributed by atoms with Crippen LogP contribution in [0.15, 0.2) is 47.4 Å². The maximum atomic E-state index is 13.3. The van der Waals surface area contributed by atoms with Crippen molar-refractivity contribution in [2.45, 2.75) is 43.4 Å². The number of hydrogen-bond acceptors (Lipinski definition) is 4. The summed E-state index contributed by atoms with van der Waals surface area (Å²) in [5.41, 5.74) is -0.466. The molecule has 0 N–H and O–H groups in total. The fraction of sp³-hybridized carbons (Fsp3) is 0.480. The molecule has 10 heteroatoms. The Balaban J connectivity index is 1.50. The van der Waals surface area contributed by atoms with E-state index in [0.29, 0.717) is 36.6 Å². The van der Waals surface area contributed by atoms with Gasteiger partial charge in [-0.25, -0.2) is 8.42 Å². The number of hydrogen-bond donors (Lipinski definition) is 0. The van der Waals surface area contributed by atoms with E-state index in [1.165, 1.54) is 22.5 Å². The summed E-state index contributed by atoms with van der Waals surface area (Å²) in [5.74, 6) is 0.783. The number of likely N-dealkylation sites (tertiary alicyclic amines) is 1. The van der Waals surface area contributed by atoms with Crippen LogP contribution in [0.1, 0.15) is 38.5 Å². The van der Waals surface area contributed by atoms with Gasteiger partial charge in [-0.15, -0.1) is 0 Å². The predicted molar refractivity (Wildman–Crippen MR) is 139 cm³/mol. The summed E-state index contributed by atoms with van der Waals surface area (Å²) in [6.07, 6.45) is 4.54. The van der Waals surface area contributed by atoms with Crippen LogP contribution in [0.2, 0.25) is 15.1 Å². The van der Waals surface area contributed by atoms with E-state index in [-0.39, 0.29) is 33.9 Å². The molecule has 0 saturated carbocycles. The molecule has 1 amide bonds. The molecule has 0 unspecified atom stereocenters. The molecule has 2 aliphatic rings. The summed E-state index contributed by atoms with van der Waals surface area (Å²) in [7, 11) is -3.76. The lowest BCUT2D eigenvalue weighted by Gasteiger charge is -2.42. The summed E-state index contributed by atoms with van der Waals surface area (Å²) < 4.78 is 34.1. The SMILES string of the molecule is O=C(CC1(COc2ccc(Cl)cc2)CCN(S(=O)(=O)c2cc(Cl)cc(Cl)c2)CC1)N1CCCCC1. The van der Waals surface area contributed by atoms with Crippen LogP contribution in [0.5, 0.6) is 5.75 Å². The minimum atomic E-state index is -3.76. The predicted octanol–water partition coefficient (Wildman–Crippen LogP) is 5.90. The molecular formula is C25H29Cl3N2O4S. The van der Waals surface area contributed by atoms with E-state index in [1.54, 1.807) is 24.3 Å². The largest absolute Gasteiger partial charge is 0.493 e. The zero-order chi connectivity index (χ0) is 25.1. The zero-order valence-corrected chi connectivity index (χ0v) is 22.5. The van der Waals surface area contributed by atoms with Crippen LogP contribution in [0.3, 0.4) is 0 Å². The van der Waals surface area contributed by atoms with Crippen molar-refractivity contribution in [1.82, 2.24) is 9.21 Å². The van der Waals surface area contributed by atoms with E-state index >= 15 is 0 Å². The van der Waals surface area contributed by atoms with Crippen molar-refractivity contribution in [1.29, 1.82) is 0 Å². The van der Waals surface area contributed by atoms with Gasteiger partial charge in [-0.2, -0.15) is 4.31 Å². The van der Waals surface area contributed by atoms with Crippen molar-refractivity contribution in [3.05, 3.63) is 57.5 Å². The van der Waals surface area contributed by atoms with E-state index in [0.717, 1.165) is 32.4 Å². The van der Waals surface area contributed by atoms with E-state index in [1.807, 2.05) is 4.90 Å². The second-order valence-electron chi connectivity index (χ2n) is 9.37. The highest BCUT2D eigenvalue weighted by Gasteiger charge is 2.41. The quantitative estimate of drug-likeness (QED) is 0.424. The second kappa shape index (κ2) is 11.3. The Labute approximate surface area is 222 Å². The molecule has 2 aromatic carbocycles. The normalized spacial score (nSPS) is 18.9. The van der Waals surface area contributed by atoms with Crippen LogP contribution >= 0.6 is 34.8 Å². The highest BCUT2D eigenvalue weighted by Crippen LogP contribution is 2.39. The molecule has 2 heterocycles. The Kier molecular flexibility index (Phi) is 8.54. The number of benzene rings is 2. The number of nitrogens with zero attached hydrogens (tertiary/aromatic N) is 2. The van der Waals surface area contributed by atoms with Gasteiger partial charge in [0.2, 0.25) is 15.9 Å². The molecule has 0 aromatic heterocycles. The highest BCUT2D eigenvalue weighted by atomic mass is 35.5. The third kappa shape index (κ3) is 6.63. The van der Waals surface area contributed by atoms with Crippen LogP contribution in [0.25, 0.3) is 0 Å². The number of carbonyl (C=O) groups excluding carboxylic acids is 1. The molecule has 2 fully saturated rings. The van der Waals surface area contributed by atoms with E-state index in [2.05, 4.69) is 0 Å². The minimum Gasteiger partial charge on any atom is -0.493 e. The van der Waals surface area contributed by atoms with Crippen LogP contribution in [0, 0.1) is 5.41 Å². The summed E-state index contributed by atoms with van der Waals surface area (Å²) in [6, 6.07) is 11.4. The van der Waals surface area contributed by atoms with Gasteiger partial charge in [0, 0.05) is 53.1 Å². The average molecular weight is 560 g/mol. The van der Waals surface area contributed by atoms with Crippen LogP contribution in [-0.2, 0) is 14.8 Å². The number of rotatable bonds is 7. The first kappa shape index (κ1) is 26.6. The van der Waals surface area contributed by atoms with Crippen LogP contribution < -0.4 is 4.74 Å². The third-order valence-corrected chi connectivity index (χ3v) is 9.42. The van der Waals surface area contributed by atoms with E-state index in [9.17, 15) is 13.2 Å². The second-order valence-corrected chi connectivity index (χ2v) is 12.6. The van der Waals surface area contributed by atoms with Crippen LogP contribution in [0.4, 0.5) is 0 Å². The van der Waals surface area contributed by atoms with Gasteiger partial charge in [-0.3, -0.25) is 4.79 Å². The van der Waals surface area contributed by atoms with E-state index in [4.69, 9.17) is 39.5 Å². The first-order valence-electron chi connectivity index (χ1n) is 11.8. The van der Waals surface area contributed by atoms with Gasteiger partial charge in [-0.1, -0.05) is 34.8 Å². The van der Waals surface area contributed by atoms with Crippen LogP contribution in [-0.4, -0.2) is 56.3 Å². The van der Waals surface area contributed by atoms with Crippen molar-refractivity contribution in [2.75, 3.05) is 32.8 Å². The van der Waals surface area contributed by atoms with Gasteiger partial charge in [0.05, 0.1) is 11.5 Å². The average Bonchev–Trinajstić information content (AvgIpc) is 2.84. The lowest BCUT2D eigenvalue weighted by Crippen LogP contribution is -2.48. The maximum Gasteiger partial charge on any atom is 0.243 e. The Bertz CT molecular complexity index is 1120. The molecule has 0 spiro atoms. The number of piperidine rings is 2. The molecule has 0 radical (unpaired) electrons. The topological polar surface area (TPSA) is 66.9 Å². The summed E-state index contributed by atoms with van der Waals surface area (Å²) in [4.78, 5) is 15.2. The molecule has 4 rings (SSSR count). The van der Waals surface area contributed by atoms with Gasteiger partial charge >= 0.3 is 0 Å². The Morgan fingerprint density at radius 1 is 0.857 bits per heavy atom. The van der Waals surface area contributed by atoms with Crippen molar-refractivity contribution in [3.8, 4) is 5.75 Å². The van der Waals surface area contributed by atoms with Gasteiger partial charge in [0.15, 0.2) is 0 Å². The molecule has 0 bridgehead atoms. The fourth-order valence-electron chi connectivity index (χ4n) is 4.74. The van der Waals surface area contributed by atoms with E-state index < -0.39 is 15.4 Å². The zero-order valence-electron chi connectivity index (χ0n) is 19.4. The standard InChI is InChI=1S/C25H29Cl3N2O4S/c26-19-4-6-22(7-5-19)34-18-25(17-24(31)29-10-2-1-3-11-29)8-12-30(13-9-25)35(32,33)23-15-20(27)14-21(28)16-23/h4-7,14-16H,1-3,8-13,17-18H2. The first-order valence-corrected chi connectivity index (χ1v) is 14.4. The maximum absolute atomic E-state index is 13.3. The van der Waals surface area contributed by atoms with Gasteiger partial charge in [-0.05, 0) is 74.6 Å². The Morgan fingerprint density at radius 2 is 1.46 bits per heavy atom. The Morgan fingerprint density at radius 3 is 2.06 bits per heavy atom. The van der Waals surface area contributed by atoms with Crippen molar-refractivity contribution in [2.24, 2.45) is 5.41 Å². The monoisotopic (exact) mass is 558 g/mol. The smallest absolute Gasteiger partial charge is 0.243 e. The van der Waals surface area contributed by atoms with Gasteiger partial charge in [0.25, 0.3) is 0 Å². The number of ether oxygens (including phenoxy) is 1. The molecule has 6 nitrogen and oxygen atoms in total. The number of halogens is 3. The van der Waals surface area contributed by atoms with Gasteiger partial charge in [0.1, 0.15) is 5.75 Å². The van der Waals surface area contributed by atoms with Crippen molar-refractivity contribution < 1.29 is 17.9 Å². The number of carbonyl (C=O) groups is 1.